The van der Waals surface area contributed by atoms with Crippen LogP contribution < -0.4 is 9.47 Å². The molecule has 0 aliphatic carbocycles. The van der Waals surface area contributed by atoms with Crippen molar-refractivity contribution in [1.82, 2.24) is 8.75 Å². The number of rotatable bonds is 8. The lowest BCUT2D eigenvalue weighted by Crippen LogP contribution is -1.93. The molecule has 3 aromatic carbocycles. The number of hydrogen-bond acceptors (Lipinski definition) is 5. The van der Waals surface area contributed by atoms with E-state index in [1.807, 2.05) is 48.5 Å². The van der Waals surface area contributed by atoms with Crippen LogP contribution in [0.15, 0.2) is 86.0 Å². The van der Waals surface area contributed by atoms with E-state index in [9.17, 15) is 0 Å². The molecule has 5 heteroatoms. The van der Waals surface area contributed by atoms with Crippen molar-refractivity contribution in [2.24, 2.45) is 0 Å². The second kappa shape index (κ2) is 8.71. The minimum atomic E-state index is 0.492. The Morgan fingerprint density at radius 3 is 1.45 bits per heavy atom. The highest BCUT2D eigenvalue weighted by atomic mass is 32.1. The molecule has 0 atom stereocenters. The van der Waals surface area contributed by atoms with Crippen LogP contribution in [0.5, 0.6) is 11.5 Å². The first-order valence-electron chi connectivity index (χ1n) is 9.23. The summed E-state index contributed by atoms with van der Waals surface area (Å²) >= 11 is 1.23. The van der Waals surface area contributed by atoms with Crippen LogP contribution in [0, 0.1) is 0 Å². The molecular formula is C24H20N2O2S. The number of nitrogens with zero attached hydrogens (tertiary/aromatic N) is 2. The van der Waals surface area contributed by atoms with Crippen molar-refractivity contribution in [3.05, 3.63) is 86.0 Å². The van der Waals surface area contributed by atoms with E-state index in [2.05, 4.69) is 34.0 Å². The van der Waals surface area contributed by atoms with Crippen molar-refractivity contribution in [3.63, 3.8) is 0 Å². The van der Waals surface area contributed by atoms with Crippen molar-refractivity contribution >= 4 is 22.8 Å². The van der Waals surface area contributed by atoms with Gasteiger partial charge in [-0.2, -0.15) is 8.75 Å². The maximum atomic E-state index is 5.57. The van der Waals surface area contributed by atoms with Crippen LogP contribution in [-0.4, -0.2) is 22.0 Å². The van der Waals surface area contributed by atoms with E-state index in [-0.39, 0.29) is 0 Å². The Labute approximate surface area is 174 Å². The first-order chi connectivity index (χ1) is 14.3. The van der Waals surface area contributed by atoms with Gasteiger partial charge in [0.1, 0.15) is 35.7 Å². The second-order valence-electron chi connectivity index (χ2n) is 6.37. The minimum Gasteiger partial charge on any atom is -0.490 e. The molecule has 0 N–H and O–H groups in total. The molecule has 4 aromatic rings. The monoisotopic (exact) mass is 400 g/mol. The molecule has 0 aliphatic heterocycles. The van der Waals surface area contributed by atoms with Crippen LogP contribution in [0.2, 0.25) is 0 Å². The van der Waals surface area contributed by atoms with E-state index in [1.54, 1.807) is 12.2 Å². The van der Waals surface area contributed by atoms with E-state index in [4.69, 9.17) is 9.47 Å². The van der Waals surface area contributed by atoms with Gasteiger partial charge >= 0.3 is 0 Å². The molecule has 1 aromatic heterocycles. The molecule has 29 heavy (non-hydrogen) atoms. The summed E-state index contributed by atoms with van der Waals surface area (Å²) in [5, 5.41) is 0. The number of benzene rings is 3. The zero-order chi connectivity index (χ0) is 20.1. The van der Waals surface area contributed by atoms with Gasteiger partial charge in [-0.1, -0.05) is 61.7 Å². The summed E-state index contributed by atoms with van der Waals surface area (Å²) in [5.74, 6) is 1.63. The molecule has 0 radical (unpaired) electrons. The highest BCUT2D eigenvalue weighted by molar-refractivity contribution is 7.00. The van der Waals surface area contributed by atoms with Gasteiger partial charge in [-0.05, 0) is 35.4 Å². The van der Waals surface area contributed by atoms with Gasteiger partial charge in [0, 0.05) is 11.1 Å². The van der Waals surface area contributed by atoms with E-state index in [0.717, 1.165) is 44.8 Å². The molecule has 0 spiro atoms. The molecule has 0 amide bonds. The first kappa shape index (κ1) is 18.9. The van der Waals surface area contributed by atoms with Gasteiger partial charge in [0.2, 0.25) is 0 Å². The summed E-state index contributed by atoms with van der Waals surface area (Å²) in [5.41, 5.74) is 6.07. The average molecular weight is 401 g/mol. The number of aromatic nitrogens is 2. The predicted octanol–water partition coefficient (Wildman–Crippen LogP) is 6.15. The van der Waals surface area contributed by atoms with E-state index >= 15 is 0 Å². The third-order valence-electron chi connectivity index (χ3n) is 4.48. The van der Waals surface area contributed by atoms with Crippen molar-refractivity contribution in [3.8, 4) is 33.8 Å². The molecule has 4 nitrogen and oxygen atoms in total. The van der Waals surface area contributed by atoms with Crippen molar-refractivity contribution < 1.29 is 9.47 Å². The van der Waals surface area contributed by atoms with Gasteiger partial charge in [-0.25, -0.2) is 0 Å². The number of hydrogen-bond donors (Lipinski definition) is 0. The fourth-order valence-corrected chi connectivity index (χ4v) is 3.68. The zero-order valence-electron chi connectivity index (χ0n) is 15.9. The summed E-state index contributed by atoms with van der Waals surface area (Å²) in [6, 6.07) is 20.2. The van der Waals surface area contributed by atoms with Crippen molar-refractivity contribution in [1.29, 1.82) is 0 Å². The van der Waals surface area contributed by atoms with Crippen molar-refractivity contribution in [2.75, 3.05) is 13.2 Å². The number of fused-ring (bicyclic) bond motifs is 1. The van der Waals surface area contributed by atoms with E-state index in [0.29, 0.717) is 13.2 Å². The molecule has 0 aliphatic rings. The lowest BCUT2D eigenvalue weighted by Gasteiger charge is -2.09. The fraction of sp³-hybridized carbons (Fsp3) is 0.0833. The van der Waals surface area contributed by atoms with Crippen LogP contribution in [0.25, 0.3) is 33.3 Å². The molecular weight excluding hydrogens is 380 g/mol. The summed E-state index contributed by atoms with van der Waals surface area (Å²) in [7, 11) is 0. The average Bonchev–Trinajstić information content (AvgIpc) is 3.26. The van der Waals surface area contributed by atoms with Crippen LogP contribution in [-0.2, 0) is 0 Å². The summed E-state index contributed by atoms with van der Waals surface area (Å²) in [4.78, 5) is 0. The van der Waals surface area contributed by atoms with Gasteiger partial charge in [0.25, 0.3) is 0 Å². The summed E-state index contributed by atoms with van der Waals surface area (Å²) in [6.45, 7) is 8.32. The molecule has 0 bridgehead atoms. The van der Waals surface area contributed by atoms with Crippen LogP contribution in [0.1, 0.15) is 0 Å². The highest BCUT2D eigenvalue weighted by Gasteiger charge is 2.13. The minimum absolute atomic E-state index is 0.492. The summed E-state index contributed by atoms with van der Waals surface area (Å²) in [6.07, 6.45) is 3.46. The van der Waals surface area contributed by atoms with Gasteiger partial charge in [0.05, 0.1) is 11.7 Å². The van der Waals surface area contributed by atoms with Gasteiger partial charge < -0.3 is 9.47 Å². The Morgan fingerprint density at radius 2 is 1.07 bits per heavy atom. The maximum absolute atomic E-state index is 5.57. The molecule has 0 unspecified atom stereocenters. The molecule has 1 heterocycles. The predicted molar refractivity (Wildman–Crippen MR) is 120 cm³/mol. The molecule has 0 fully saturated rings. The zero-order valence-corrected chi connectivity index (χ0v) is 16.7. The Morgan fingerprint density at radius 1 is 0.655 bits per heavy atom. The quantitative estimate of drug-likeness (QED) is 0.333. The number of ether oxygens (including phenoxy) is 2. The molecule has 144 valence electrons. The Balaban J connectivity index is 1.67. The lowest BCUT2D eigenvalue weighted by molar-refractivity contribution is 0.363. The SMILES string of the molecule is C=CCOc1ccc(-c2ccc(-c3ccc(OCC=C)cc3)c3nsnc23)cc1. The topological polar surface area (TPSA) is 44.2 Å². The summed E-state index contributed by atoms with van der Waals surface area (Å²) < 4.78 is 20.3. The van der Waals surface area contributed by atoms with Gasteiger partial charge in [-0.3, -0.25) is 0 Å². The van der Waals surface area contributed by atoms with Crippen LogP contribution in [0.3, 0.4) is 0 Å². The fourth-order valence-electron chi connectivity index (χ4n) is 3.10. The highest BCUT2D eigenvalue weighted by Crippen LogP contribution is 2.35. The van der Waals surface area contributed by atoms with E-state index in [1.165, 1.54) is 11.7 Å². The molecule has 0 saturated carbocycles. The second-order valence-corrected chi connectivity index (χ2v) is 6.90. The Kier molecular flexibility index (Phi) is 5.68. The van der Waals surface area contributed by atoms with Gasteiger partial charge in [0.15, 0.2) is 0 Å². The Bertz CT molecular complexity index is 1040. The first-order valence-corrected chi connectivity index (χ1v) is 9.96. The van der Waals surface area contributed by atoms with Crippen molar-refractivity contribution in [2.45, 2.75) is 0 Å². The standard InChI is InChI=1S/C24H20N2O2S/c1-3-15-27-19-9-5-17(6-10-19)21-13-14-22(24-23(21)25-29-26-24)18-7-11-20(12-8-18)28-16-4-2/h3-14H,1-2,15-16H2. The normalized spacial score (nSPS) is 10.6. The third kappa shape index (κ3) is 4.05. The smallest absolute Gasteiger partial charge is 0.119 e. The van der Waals surface area contributed by atoms with Crippen LogP contribution >= 0.6 is 11.7 Å². The maximum Gasteiger partial charge on any atom is 0.119 e. The third-order valence-corrected chi connectivity index (χ3v) is 5.01. The largest absolute Gasteiger partial charge is 0.490 e. The van der Waals surface area contributed by atoms with Crippen LogP contribution in [0.4, 0.5) is 0 Å². The Hall–Kier alpha value is -3.44. The van der Waals surface area contributed by atoms with E-state index < -0.39 is 0 Å². The molecule has 0 saturated heterocycles. The lowest BCUT2D eigenvalue weighted by atomic mass is 9.98. The molecule has 4 rings (SSSR count). The van der Waals surface area contributed by atoms with Gasteiger partial charge in [-0.15, -0.1) is 0 Å².